The van der Waals surface area contributed by atoms with Gasteiger partial charge >= 0.3 is 5.97 Å². The van der Waals surface area contributed by atoms with Gasteiger partial charge in [-0.15, -0.1) is 0 Å². The summed E-state index contributed by atoms with van der Waals surface area (Å²) in [5.41, 5.74) is 2.86. The number of hydrogen-bond donors (Lipinski definition) is 2. The monoisotopic (exact) mass is 559 g/mol. The van der Waals surface area contributed by atoms with Crippen LogP contribution in [0.4, 0.5) is 0 Å². The summed E-state index contributed by atoms with van der Waals surface area (Å²) in [6.07, 6.45) is 1.80. The molecule has 0 unspecified atom stereocenters. The van der Waals surface area contributed by atoms with Crippen LogP contribution in [0.15, 0.2) is 39.1 Å². The number of phenols is 1. The first-order chi connectivity index (χ1) is 16.7. The second-order valence-corrected chi connectivity index (χ2v) is 12.5. The van der Waals surface area contributed by atoms with Crippen LogP contribution in [-0.2, 0) is 14.4 Å². The van der Waals surface area contributed by atoms with E-state index in [9.17, 15) is 24.6 Å². The lowest BCUT2D eigenvalue weighted by Crippen LogP contribution is -2.45. The lowest BCUT2D eigenvalue weighted by atomic mass is 9.63. The highest BCUT2D eigenvalue weighted by molar-refractivity contribution is 9.10. The first kappa shape index (κ1) is 26.5. The van der Waals surface area contributed by atoms with E-state index in [-0.39, 0.29) is 46.9 Å². The van der Waals surface area contributed by atoms with Gasteiger partial charge < -0.3 is 19.8 Å². The fourth-order valence-corrected chi connectivity index (χ4v) is 6.34. The summed E-state index contributed by atoms with van der Waals surface area (Å²) in [7, 11) is 0. The molecule has 7 nitrogen and oxygen atoms in total. The third-order valence-electron chi connectivity index (χ3n) is 7.26. The highest BCUT2D eigenvalue weighted by Gasteiger charge is 2.49. The predicted molar refractivity (Wildman–Crippen MR) is 139 cm³/mol. The van der Waals surface area contributed by atoms with Crippen LogP contribution >= 0.6 is 15.9 Å². The number of carbonyl (C=O) groups excluding carboxylic acids is 2. The molecule has 3 aliphatic rings. The van der Waals surface area contributed by atoms with Gasteiger partial charge in [0.2, 0.25) is 0 Å². The largest absolute Gasteiger partial charge is 0.503 e. The highest BCUT2D eigenvalue weighted by atomic mass is 79.9. The molecule has 1 heterocycles. The maximum atomic E-state index is 13.8. The minimum absolute atomic E-state index is 0.0297. The summed E-state index contributed by atoms with van der Waals surface area (Å²) >= 11 is 3.42. The van der Waals surface area contributed by atoms with Crippen LogP contribution in [0.25, 0.3) is 0 Å². The van der Waals surface area contributed by atoms with Crippen molar-refractivity contribution in [2.45, 2.75) is 72.6 Å². The third kappa shape index (κ3) is 4.84. The molecular weight excluding hydrogens is 526 g/mol. The minimum atomic E-state index is -0.923. The molecule has 1 aromatic carbocycles. The Hall–Kier alpha value is -2.61. The summed E-state index contributed by atoms with van der Waals surface area (Å²) in [6.45, 7) is 10.6. The SMILES string of the molecule is CCOc1cc(C2C3=C(CC(C)(C)CC3=O)N(CCC(=O)O)C3=C2C(=O)CC(C)(C)C3)cc(Br)c1O. The summed E-state index contributed by atoms with van der Waals surface area (Å²) < 4.78 is 6.09. The fraction of sp³-hybridized carbons (Fsp3) is 0.536. The van der Waals surface area contributed by atoms with Crippen LogP contribution in [0, 0.1) is 10.8 Å². The van der Waals surface area contributed by atoms with Crippen LogP contribution in [0.1, 0.15) is 78.2 Å². The second-order valence-electron chi connectivity index (χ2n) is 11.6. The van der Waals surface area contributed by atoms with Crippen molar-refractivity contribution in [1.82, 2.24) is 4.90 Å². The van der Waals surface area contributed by atoms with E-state index in [2.05, 4.69) is 15.9 Å². The van der Waals surface area contributed by atoms with Crippen molar-refractivity contribution >= 4 is 33.5 Å². The number of carboxylic acid groups (broad SMARTS) is 1. The molecule has 0 saturated carbocycles. The van der Waals surface area contributed by atoms with Crippen LogP contribution in [0.2, 0.25) is 0 Å². The number of allylic oxidation sites excluding steroid dienone is 4. The normalized spacial score (nSPS) is 21.4. The number of nitrogens with zero attached hydrogens (tertiary/aromatic N) is 1. The lowest BCUT2D eigenvalue weighted by molar-refractivity contribution is -0.137. The number of ketones is 2. The standard InChI is InChI=1S/C28H34BrNO6/c1-6-36-21-10-15(9-16(29)26(21)35)23-24-17(11-27(2,3)13-19(24)31)30(8-7-22(33)34)18-12-28(4,5)14-20(32)25(18)23/h9-10,23,35H,6-8,11-14H2,1-5H3,(H,33,34). The molecule has 0 aromatic heterocycles. The van der Waals surface area contributed by atoms with Gasteiger partial charge in [0, 0.05) is 47.8 Å². The molecule has 36 heavy (non-hydrogen) atoms. The molecule has 2 N–H and O–H groups in total. The molecule has 0 fully saturated rings. The third-order valence-corrected chi connectivity index (χ3v) is 7.86. The number of carboxylic acids is 1. The zero-order valence-corrected chi connectivity index (χ0v) is 23.1. The lowest BCUT2D eigenvalue weighted by Gasteiger charge is -2.49. The highest BCUT2D eigenvalue weighted by Crippen LogP contribution is 2.55. The van der Waals surface area contributed by atoms with Gasteiger partial charge in [0.05, 0.1) is 17.5 Å². The number of aliphatic carboxylic acids is 1. The first-order valence-electron chi connectivity index (χ1n) is 12.4. The Morgan fingerprint density at radius 1 is 1.03 bits per heavy atom. The maximum absolute atomic E-state index is 13.8. The van der Waals surface area contributed by atoms with Crippen LogP contribution in [0.3, 0.4) is 0 Å². The van der Waals surface area contributed by atoms with E-state index >= 15 is 0 Å². The molecule has 0 radical (unpaired) electrons. The van der Waals surface area contributed by atoms with Crippen molar-refractivity contribution in [3.8, 4) is 11.5 Å². The Balaban J connectivity index is 2.01. The summed E-state index contributed by atoms with van der Waals surface area (Å²) in [5, 5.41) is 20.0. The van der Waals surface area contributed by atoms with Gasteiger partial charge in [0.15, 0.2) is 23.1 Å². The van der Waals surface area contributed by atoms with E-state index in [4.69, 9.17) is 4.74 Å². The number of halogens is 1. The van der Waals surface area contributed by atoms with Gasteiger partial charge in [0.1, 0.15) is 0 Å². The number of hydrogen-bond acceptors (Lipinski definition) is 6. The van der Waals surface area contributed by atoms with Crippen molar-refractivity contribution < 1.29 is 29.3 Å². The number of benzene rings is 1. The quantitative estimate of drug-likeness (QED) is 0.459. The minimum Gasteiger partial charge on any atom is -0.503 e. The number of rotatable bonds is 6. The molecule has 0 bridgehead atoms. The average Bonchev–Trinajstić information content (AvgIpc) is 2.73. The summed E-state index contributed by atoms with van der Waals surface area (Å²) in [4.78, 5) is 41.0. The van der Waals surface area contributed by atoms with Crippen LogP contribution < -0.4 is 4.74 Å². The number of carbonyl (C=O) groups is 3. The number of Topliss-reactive ketones (excluding diaryl/α,β-unsaturated/α-hetero) is 2. The molecule has 0 spiro atoms. The fourth-order valence-electron chi connectivity index (χ4n) is 5.88. The Morgan fingerprint density at radius 2 is 1.56 bits per heavy atom. The van der Waals surface area contributed by atoms with Gasteiger partial charge in [-0.05, 0) is 64.2 Å². The Bertz CT molecular complexity index is 1150. The molecular formula is C28H34BrNO6. The number of phenolic OH excluding ortho intramolecular Hbond substituents is 1. The average molecular weight is 560 g/mol. The first-order valence-corrected chi connectivity index (χ1v) is 13.2. The van der Waals surface area contributed by atoms with E-state index in [1.54, 1.807) is 12.1 Å². The number of aromatic hydroxyl groups is 1. The molecule has 1 aliphatic heterocycles. The predicted octanol–water partition coefficient (Wildman–Crippen LogP) is 5.71. The van der Waals surface area contributed by atoms with Crippen molar-refractivity contribution in [1.29, 1.82) is 0 Å². The zero-order valence-electron chi connectivity index (χ0n) is 21.5. The molecule has 1 aromatic rings. The van der Waals surface area contributed by atoms with E-state index in [0.717, 1.165) is 11.4 Å². The maximum Gasteiger partial charge on any atom is 0.305 e. The molecule has 0 saturated heterocycles. The molecule has 8 heteroatoms. The van der Waals surface area contributed by atoms with E-state index in [1.807, 2.05) is 39.5 Å². The second kappa shape index (κ2) is 9.36. The molecule has 0 atom stereocenters. The smallest absolute Gasteiger partial charge is 0.305 e. The Labute approximate surface area is 220 Å². The van der Waals surface area contributed by atoms with E-state index in [0.29, 0.717) is 53.5 Å². The summed E-state index contributed by atoms with van der Waals surface area (Å²) in [5.74, 6) is -1.33. The van der Waals surface area contributed by atoms with Gasteiger partial charge in [-0.1, -0.05) is 27.7 Å². The van der Waals surface area contributed by atoms with Crippen molar-refractivity contribution in [2.24, 2.45) is 10.8 Å². The Kier molecular flexibility index (Phi) is 6.88. The van der Waals surface area contributed by atoms with Gasteiger partial charge in [0.25, 0.3) is 0 Å². The van der Waals surface area contributed by atoms with Gasteiger partial charge in [-0.3, -0.25) is 14.4 Å². The van der Waals surface area contributed by atoms with Crippen molar-refractivity contribution in [2.75, 3.05) is 13.2 Å². The topological polar surface area (TPSA) is 104 Å². The Morgan fingerprint density at radius 3 is 2.03 bits per heavy atom. The van der Waals surface area contributed by atoms with Crippen molar-refractivity contribution in [3.05, 3.63) is 44.7 Å². The van der Waals surface area contributed by atoms with Crippen LogP contribution in [-0.4, -0.2) is 45.8 Å². The summed E-state index contributed by atoms with van der Waals surface area (Å²) in [6, 6.07) is 3.47. The van der Waals surface area contributed by atoms with Crippen LogP contribution in [0.5, 0.6) is 11.5 Å². The molecule has 194 valence electrons. The van der Waals surface area contributed by atoms with E-state index in [1.165, 1.54) is 0 Å². The van der Waals surface area contributed by atoms with E-state index < -0.39 is 11.9 Å². The molecule has 4 rings (SSSR count). The van der Waals surface area contributed by atoms with Gasteiger partial charge in [-0.2, -0.15) is 0 Å². The number of ether oxygens (including phenoxy) is 1. The van der Waals surface area contributed by atoms with Gasteiger partial charge in [-0.25, -0.2) is 0 Å². The van der Waals surface area contributed by atoms with Crippen molar-refractivity contribution in [3.63, 3.8) is 0 Å². The zero-order chi connectivity index (χ0) is 26.6. The molecule has 0 amide bonds. The molecule has 2 aliphatic carbocycles.